The van der Waals surface area contributed by atoms with Crippen molar-refractivity contribution in [3.63, 3.8) is 0 Å². The molecule has 1 aliphatic heterocycles. The number of nitrogens with zero attached hydrogens (tertiary/aromatic N) is 1. The van der Waals surface area contributed by atoms with Gasteiger partial charge in [-0.2, -0.15) is 0 Å². The maximum Gasteiger partial charge on any atom is 0.321 e. The Kier molecular flexibility index (Phi) is 5.16. The normalized spacial score (nSPS) is 15.2. The van der Waals surface area contributed by atoms with Crippen LogP contribution in [0.3, 0.4) is 0 Å². The summed E-state index contributed by atoms with van der Waals surface area (Å²) in [5.74, 6) is 0. The number of amides is 2. The molecule has 1 heterocycles. The first-order chi connectivity index (χ1) is 10.0. The van der Waals surface area contributed by atoms with Gasteiger partial charge in [0.1, 0.15) is 0 Å². The largest absolute Gasteiger partial charge is 0.395 e. The van der Waals surface area contributed by atoms with E-state index >= 15 is 0 Å². The SMILES string of the molecule is O=C(Nc1ccc(S(=O)(=O)NCCO)cc1)N1CCCC1. The molecule has 8 heteroatoms. The molecule has 116 valence electrons. The van der Waals surface area contributed by atoms with Gasteiger partial charge < -0.3 is 15.3 Å². The van der Waals surface area contributed by atoms with Crippen LogP contribution in [-0.4, -0.2) is 50.7 Å². The number of aliphatic hydroxyl groups excluding tert-OH is 1. The first kappa shape index (κ1) is 15.7. The fourth-order valence-corrected chi connectivity index (χ4v) is 3.12. The Labute approximate surface area is 124 Å². The second kappa shape index (κ2) is 6.88. The van der Waals surface area contributed by atoms with Gasteiger partial charge in [0.15, 0.2) is 0 Å². The van der Waals surface area contributed by atoms with E-state index in [9.17, 15) is 13.2 Å². The van der Waals surface area contributed by atoms with Crippen molar-refractivity contribution >= 4 is 21.7 Å². The Hall–Kier alpha value is -1.64. The van der Waals surface area contributed by atoms with Crippen LogP contribution in [0.1, 0.15) is 12.8 Å². The number of rotatable bonds is 5. The number of carbonyl (C=O) groups excluding carboxylic acids is 1. The van der Waals surface area contributed by atoms with Gasteiger partial charge in [0.05, 0.1) is 11.5 Å². The first-order valence-corrected chi connectivity index (χ1v) is 8.28. The van der Waals surface area contributed by atoms with Crippen LogP contribution in [0.4, 0.5) is 10.5 Å². The summed E-state index contributed by atoms with van der Waals surface area (Å²) in [4.78, 5) is 13.7. The lowest BCUT2D eigenvalue weighted by Crippen LogP contribution is -2.32. The fraction of sp³-hybridized carbons (Fsp3) is 0.462. The van der Waals surface area contributed by atoms with Gasteiger partial charge in [-0.3, -0.25) is 0 Å². The molecular weight excluding hydrogens is 294 g/mol. The molecular formula is C13H19N3O4S. The molecule has 0 radical (unpaired) electrons. The Balaban J connectivity index is 2.00. The van der Waals surface area contributed by atoms with E-state index < -0.39 is 10.0 Å². The van der Waals surface area contributed by atoms with Crippen LogP contribution >= 0.6 is 0 Å². The van der Waals surface area contributed by atoms with E-state index in [1.165, 1.54) is 12.1 Å². The van der Waals surface area contributed by atoms with Gasteiger partial charge in [-0.15, -0.1) is 0 Å². The highest BCUT2D eigenvalue weighted by Crippen LogP contribution is 2.15. The predicted molar refractivity (Wildman–Crippen MR) is 78.5 cm³/mol. The number of likely N-dealkylation sites (tertiary alicyclic amines) is 1. The summed E-state index contributed by atoms with van der Waals surface area (Å²) in [6.07, 6.45) is 2.03. The van der Waals surface area contributed by atoms with Crippen molar-refractivity contribution in [2.24, 2.45) is 0 Å². The van der Waals surface area contributed by atoms with Crippen LogP contribution in [0, 0.1) is 0 Å². The third-order valence-electron chi connectivity index (χ3n) is 3.21. The van der Waals surface area contributed by atoms with Crippen LogP contribution < -0.4 is 10.0 Å². The van der Waals surface area contributed by atoms with Crippen molar-refractivity contribution in [3.05, 3.63) is 24.3 Å². The van der Waals surface area contributed by atoms with Gasteiger partial charge in [-0.05, 0) is 37.1 Å². The topological polar surface area (TPSA) is 98.7 Å². The van der Waals surface area contributed by atoms with Gasteiger partial charge in [0.2, 0.25) is 10.0 Å². The average Bonchev–Trinajstić information content (AvgIpc) is 3.00. The zero-order valence-electron chi connectivity index (χ0n) is 11.6. The summed E-state index contributed by atoms with van der Waals surface area (Å²) in [5.41, 5.74) is 0.549. The van der Waals surface area contributed by atoms with Gasteiger partial charge in [-0.25, -0.2) is 17.9 Å². The molecule has 2 amide bonds. The Morgan fingerprint density at radius 1 is 1.19 bits per heavy atom. The maximum atomic E-state index is 11.9. The third-order valence-corrected chi connectivity index (χ3v) is 4.69. The lowest BCUT2D eigenvalue weighted by molar-refractivity contribution is 0.222. The summed E-state index contributed by atoms with van der Waals surface area (Å²) in [6, 6.07) is 5.75. The lowest BCUT2D eigenvalue weighted by atomic mass is 10.3. The second-order valence-corrected chi connectivity index (χ2v) is 6.54. The van der Waals surface area contributed by atoms with Crippen molar-refractivity contribution in [2.75, 3.05) is 31.6 Å². The van der Waals surface area contributed by atoms with Gasteiger partial charge in [0.25, 0.3) is 0 Å². The number of urea groups is 1. The zero-order valence-corrected chi connectivity index (χ0v) is 12.4. The molecule has 0 bridgehead atoms. The Morgan fingerprint density at radius 2 is 1.81 bits per heavy atom. The Morgan fingerprint density at radius 3 is 2.38 bits per heavy atom. The molecule has 0 saturated carbocycles. The summed E-state index contributed by atoms with van der Waals surface area (Å²) in [7, 11) is -3.62. The summed E-state index contributed by atoms with van der Waals surface area (Å²) < 4.78 is 25.9. The highest BCUT2D eigenvalue weighted by Gasteiger charge is 2.18. The quantitative estimate of drug-likeness (QED) is 0.740. The van der Waals surface area contributed by atoms with Crippen LogP contribution in [0.5, 0.6) is 0 Å². The highest BCUT2D eigenvalue weighted by atomic mass is 32.2. The van der Waals surface area contributed by atoms with Crippen molar-refractivity contribution in [1.29, 1.82) is 0 Å². The summed E-state index contributed by atoms with van der Waals surface area (Å²) in [6.45, 7) is 1.21. The van der Waals surface area contributed by atoms with E-state index in [-0.39, 0.29) is 24.1 Å². The van der Waals surface area contributed by atoms with Crippen molar-refractivity contribution < 1.29 is 18.3 Å². The van der Waals surface area contributed by atoms with Crippen molar-refractivity contribution in [3.8, 4) is 0 Å². The van der Waals surface area contributed by atoms with Gasteiger partial charge in [-0.1, -0.05) is 0 Å². The number of hydrogen-bond donors (Lipinski definition) is 3. The number of aliphatic hydroxyl groups is 1. The molecule has 3 N–H and O–H groups in total. The molecule has 0 spiro atoms. The molecule has 1 aliphatic rings. The van der Waals surface area contributed by atoms with E-state index in [4.69, 9.17) is 5.11 Å². The standard InChI is InChI=1S/C13H19N3O4S/c17-10-7-14-21(19,20)12-5-3-11(4-6-12)15-13(18)16-8-1-2-9-16/h3-6,14,17H,1-2,7-10H2,(H,15,18). The third kappa shape index (κ3) is 4.16. The van der Waals surface area contributed by atoms with E-state index in [0.717, 1.165) is 25.9 Å². The minimum Gasteiger partial charge on any atom is -0.395 e. The molecule has 21 heavy (non-hydrogen) atoms. The summed E-state index contributed by atoms with van der Waals surface area (Å²) >= 11 is 0. The molecule has 1 aromatic carbocycles. The van der Waals surface area contributed by atoms with Crippen molar-refractivity contribution in [1.82, 2.24) is 9.62 Å². The van der Waals surface area contributed by atoms with E-state index in [0.29, 0.717) is 5.69 Å². The average molecular weight is 313 g/mol. The van der Waals surface area contributed by atoms with Crippen LogP contribution in [-0.2, 0) is 10.0 Å². The molecule has 2 rings (SSSR count). The number of hydrogen-bond acceptors (Lipinski definition) is 4. The molecule has 0 aromatic heterocycles. The van der Waals surface area contributed by atoms with Crippen LogP contribution in [0.25, 0.3) is 0 Å². The van der Waals surface area contributed by atoms with Gasteiger partial charge in [0, 0.05) is 25.3 Å². The number of anilines is 1. The number of carbonyl (C=O) groups is 1. The minimum absolute atomic E-state index is 0.0320. The van der Waals surface area contributed by atoms with Gasteiger partial charge >= 0.3 is 6.03 Å². The molecule has 0 atom stereocenters. The smallest absolute Gasteiger partial charge is 0.321 e. The highest BCUT2D eigenvalue weighted by molar-refractivity contribution is 7.89. The molecule has 1 saturated heterocycles. The Bertz CT molecular complexity index is 580. The minimum atomic E-state index is -3.62. The van der Waals surface area contributed by atoms with E-state index in [1.54, 1.807) is 17.0 Å². The number of benzene rings is 1. The van der Waals surface area contributed by atoms with E-state index in [2.05, 4.69) is 10.0 Å². The monoisotopic (exact) mass is 313 g/mol. The first-order valence-electron chi connectivity index (χ1n) is 6.79. The number of sulfonamides is 1. The summed E-state index contributed by atoms with van der Waals surface area (Å²) in [5, 5.41) is 11.4. The molecule has 0 aliphatic carbocycles. The van der Waals surface area contributed by atoms with E-state index in [1.807, 2.05) is 0 Å². The molecule has 7 nitrogen and oxygen atoms in total. The molecule has 1 fully saturated rings. The van der Waals surface area contributed by atoms with Crippen molar-refractivity contribution in [2.45, 2.75) is 17.7 Å². The number of nitrogens with one attached hydrogen (secondary N) is 2. The van der Waals surface area contributed by atoms with Crippen LogP contribution in [0.15, 0.2) is 29.2 Å². The molecule has 1 aromatic rings. The lowest BCUT2D eigenvalue weighted by Gasteiger charge is -2.16. The second-order valence-electron chi connectivity index (χ2n) is 4.77. The van der Waals surface area contributed by atoms with Crippen LogP contribution in [0.2, 0.25) is 0 Å². The zero-order chi connectivity index (χ0) is 15.3. The fourth-order valence-electron chi connectivity index (χ4n) is 2.10. The molecule has 0 unspecified atom stereocenters. The predicted octanol–water partition coefficient (Wildman–Crippen LogP) is 0.585. The maximum absolute atomic E-state index is 11.9.